The molecule has 96 valence electrons. The Kier molecular flexibility index (Phi) is 5.11. The molecule has 1 N–H and O–H groups in total. The average Bonchev–Trinajstić information content (AvgIpc) is 2.27. The zero-order valence-corrected chi connectivity index (χ0v) is 10.5. The molecule has 0 bridgehead atoms. The molecule has 0 spiro atoms. The lowest BCUT2D eigenvalue weighted by Crippen LogP contribution is -2.24. The SMILES string of the molecule is CCC(CSC)Nc1ncccc1C(F)(F)F. The van der Waals surface area contributed by atoms with Crippen molar-refractivity contribution >= 4 is 17.6 Å². The summed E-state index contributed by atoms with van der Waals surface area (Å²) in [5.41, 5.74) is -0.709. The van der Waals surface area contributed by atoms with Gasteiger partial charge in [0.25, 0.3) is 0 Å². The number of nitrogens with one attached hydrogen (secondary N) is 1. The van der Waals surface area contributed by atoms with Crippen LogP contribution in [0.25, 0.3) is 0 Å². The minimum Gasteiger partial charge on any atom is -0.366 e. The van der Waals surface area contributed by atoms with Crippen LogP contribution in [0.4, 0.5) is 19.0 Å². The van der Waals surface area contributed by atoms with E-state index in [9.17, 15) is 13.2 Å². The molecule has 0 saturated heterocycles. The zero-order chi connectivity index (χ0) is 12.9. The number of halogens is 3. The minimum absolute atomic E-state index is 0.000926. The van der Waals surface area contributed by atoms with E-state index in [1.54, 1.807) is 11.8 Å². The van der Waals surface area contributed by atoms with Crippen molar-refractivity contribution in [1.82, 2.24) is 4.98 Å². The van der Waals surface area contributed by atoms with Crippen molar-refractivity contribution < 1.29 is 13.2 Å². The summed E-state index contributed by atoms with van der Waals surface area (Å²) in [5, 5.41) is 2.85. The Morgan fingerprint density at radius 2 is 2.18 bits per heavy atom. The third-order valence-corrected chi connectivity index (χ3v) is 3.05. The highest BCUT2D eigenvalue weighted by Crippen LogP contribution is 2.33. The molecule has 0 aliphatic heterocycles. The Labute approximate surface area is 103 Å². The molecule has 0 aliphatic rings. The van der Waals surface area contributed by atoms with Crippen LogP contribution in [0.2, 0.25) is 0 Å². The van der Waals surface area contributed by atoms with Gasteiger partial charge in [-0.25, -0.2) is 4.98 Å². The Morgan fingerprint density at radius 3 is 2.71 bits per heavy atom. The number of thioether (sulfide) groups is 1. The molecule has 1 atom stereocenters. The van der Waals surface area contributed by atoms with Crippen LogP contribution >= 0.6 is 11.8 Å². The summed E-state index contributed by atoms with van der Waals surface area (Å²) in [6, 6.07) is 2.34. The van der Waals surface area contributed by atoms with Gasteiger partial charge in [0.1, 0.15) is 5.82 Å². The van der Waals surface area contributed by atoms with Crippen molar-refractivity contribution in [1.29, 1.82) is 0 Å². The van der Waals surface area contributed by atoms with Crippen LogP contribution < -0.4 is 5.32 Å². The van der Waals surface area contributed by atoms with Gasteiger partial charge in [0.15, 0.2) is 0 Å². The molecule has 1 aromatic heterocycles. The van der Waals surface area contributed by atoms with Crippen molar-refractivity contribution in [2.24, 2.45) is 0 Å². The first kappa shape index (κ1) is 14.2. The maximum Gasteiger partial charge on any atom is 0.419 e. The molecule has 0 aliphatic carbocycles. The van der Waals surface area contributed by atoms with Gasteiger partial charge in [-0.1, -0.05) is 6.92 Å². The zero-order valence-electron chi connectivity index (χ0n) is 9.71. The van der Waals surface area contributed by atoms with Crippen molar-refractivity contribution in [3.63, 3.8) is 0 Å². The number of hydrogen-bond donors (Lipinski definition) is 1. The van der Waals surface area contributed by atoms with Gasteiger partial charge in [0.05, 0.1) is 5.56 Å². The standard InChI is InChI=1S/C11H15F3N2S/c1-3-8(7-17-2)16-10-9(11(12,13)14)5-4-6-15-10/h4-6,8H,3,7H2,1-2H3,(H,15,16). The Morgan fingerprint density at radius 1 is 1.47 bits per heavy atom. The van der Waals surface area contributed by atoms with Crippen molar-refractivity contribution in [2.75, 3.05) is 17.3 Å². The van der Waals surface area contributed by atoms with Gasteiger partial charge in [-0.05, 0) is 24.8 Å². The molecule has 6 heteroatoms. The number of nitrogens with zero attached hydrogens (tertiary/aromatic N) is 1. The van der Waals surface area contributed by atoms with Crippen LogP contribution in [-0.2, 0) is 6.18 Å². The molecule has 1 rings (SSSR count). The first-order valence-electron chi connectivity index (χ1n) is 5.26. The Balaban J connectivity index is 2.90. The molecule has 0 amide bonds. The van der Waals surface area contributed by atoms with Crippen LogP contribution in [-0.4, -0.2) is 23.0 Å². The summed E-state index contributed by atoms with van der Waals surface area (Å²) < 4.78 is 38.1. The van der Waals surface area contributed by atoms with Gasteiger partial charge in [-0.3, -0.25) is 0 Å². The van der Waals surface area contributed by atoms with Crippen LogP contribution in [0, 0.1) is 0 Å². The lowest BCUT2D eigenvalue weighted by atomic mass is 10.2. The predicted molar refractivity (Wildman–Crippen MR) is 65.3 cm³/mol. The maximum absolute atomic E-state index is 12.7. The summed E-state index contributed by atoms with van der Waals surface area (Å²) >= 11 is 1.60. The molecular formula is C11H15F3N2S. The van der Waals surface area contributed by atoms with Gasteiger partial charge < -0.3 is 5.32 Å². The van der Waals surface area contributed by atoms with Gasteiger partial charge in [0, 0.05) is 18.0 Å². The first-order valence-corrected chi connectivity index (χ1v) is 6.66. The summed E-state index contributed by atoms with van der Waals surface area (Å²) in [7, 11) is 0. The van der Waals surface area contributed by atoms with Gasteiger partial charge in [-0.2, -0.15) is 24.9 Å². The summed E-state index contributed by atoms with van der Waals surface area (Å²) in [5.74, 6) is 0.672. The number of aromatic nitrogens is 1. The van der Waals surface area contributed by atoms with E-state index in [2.05, 4.69) is 10.3 Å². The normalized spacial score (nSPS) is 13.5. The monoisotopic (exact) mass is 264 g/mol. The van der Waals surface area contributed by atoms with E-state index < -0.39 is 11.7 Å². The molecular weight excluding hydrogens is 249 g/mol. The molecule has 1 unspecified atom stereocenters. The van der Waals surface area contributed by atoms with E-state index in [0.717, 1.165) is 18.2 Å². The predicted octanol–water partition coefficient (Wildman–Crippen LogP) is 3.65. The number of hydrogen-bond acceptors (Lipinski definition) is 3. The topological polar surface area (TPSA) is 24.9 Å². The fraction of sp³-hybridized carbons (Fsp3) is 0.545. The minimum atomic E-state index is -4.37. The molecule has 0 aromatic carbocycles. The largest absolute Gasteiger partial charge is 0.419 e. The van der Waals surface area contributed by atoms with E-state index in [1.165, 1.54) is 12.3 Å². The highest BCUT2D eigenvalue weighted by Gasteiger charge is 2.34. The van der Waals surface area contributed by atoms with Crippen LogP contribution in [0.3, 0.4) is 0 Å². The van der Waals surface area contributed by atoms with E-state index in [1.807, 2.05) is 13.2 Å². The first-order chi connectivity index (χ1) is 7.99. The molecule has 2 nitrogen and oxygen atoms in total. The van der Waals surface area contributed by atoms with E-state index >= 15 is 0 Å². The molecule has 1 heterocycles. The van der Waals surface area contributed by atoms with Crippen molar-refractivity contribution in [3.8, 4) is 0 Å². The lowest BCUT2D eigenvalue weighted by molar-refractivity contribution is -0.137. The van der Waals surface area contributed by atoms with E-state index in [0.29, 0.717) is 0 Å². The summed E-state index contributed by atoms with van der Waals surface area (Å²) in [6.07, 6.45) is -0.320. The Hall–Kier alpha value is -0.910. The number of anilines is 1. The van der Waals surface area contributed by atoms with Crippen molar-refractivity contribution in [3.05, 3.63) is 23.9 Å². The molecule has 0 fully saturated rings. The smallest absolute Gasteiger partial charge is 0.366 e. The second kappa shape index (κ2) is 6.14. The third-order valence-electron chi connectivity index (χ3n) is 2.31. The van der Waals surface area contributed by atoms with E-state index in [4.69, 9.17) is 0 Å². The Bertz CT molecular complexity index is 355. The summed E-state index contributed by atoms with van der Waals surface area (Å²) in [4.78, 5) is 3.77. The quantitative estimate of drug-likeness (QED) is 0.878. The van der Waals surface area contributed by atoms with Gasteiger partial charge >= 0.3 is 6.18 Å². The molecule has 0 saturated carbocycles. The fourth-order valence-electron chi connectivity index (χ4n) is 1.41. The van der Waals surface area contributed by atoms with Crippen LogP contribution in [0.5, 0.6) is 0 Å². The van der Waals surface area contributed by atoms with Gasteiger partial charge in [0.2, 0.25) is 0 Å². The molecule has 1 aromatic rings. The van der Waals surface area contributed by atoms with Crippen LogP contribution in [0.15, 0.2) is 18.3 Å². The van der Waals surface area contributed by atoms with Crippen molar-refractivity contribution in [2.45, 2.75) is 25.6 Å². The lowest BCUT2D eigenvalue weighted by Gasteiger charge is -2.19. The number of alkyl halides is 3. The second-order valence-corrected chi connectivity index (χ2v) is 4.51. The van der Waals surface area contributed by atoms with Crippen LogP contribution in [0.1, 0.15) is 18.9 Å². The molecule has 17 heavy (non-hydrogen) atoms. The molecule has 0 radical (unpaired) electrons. The average molecular weight is 264 g/mol. The highest BCUT2D eigenvalue weighted by molar-refractivity contribution is 7.98. The maximum atomic E-state index is 12.7. The van der Waals surface area contributed by atoms with E-state index in [-0.39, 0.29) is 11.9 Å². The number of rotatable bonds is 5. The second-order valence-electron chi connectivity index (χ2n) is 3.60. The highest BCUT2D eigenvalue weighted by atomic mass is 32.2. The fourth-order valence-corrected chi connectivity index (χ4v) is 2.13. The van der Waals surface area contributed by atoms with Gasteiger partial charge in [-0.15, -0.1) is 0 Å². The third kappa shape index (κ3) is 4.11. The number of pyridine rings is 1. The summed E-state index contributed by atoms with van der Waals surface area (Å²) in [6.45, 7) is 1.93.